The highest BCUT2D eigenvalue weighted by atomic mass is 79.9. The van der Waals surface area contributed by atoms with Crippen LogP contribution in [0.25, 0.3) is 22.3 Å². The van der Waals surface area contributed by atoms with Crippen LogP contribution in [0.5, 0.6) is 0 Å². The summed E-state index contributed by atoms with van der Waals surface area (Å²) in [5.74, 6) is -2.13. The van der Waals surface area contributed by atoms with E-state index in [9.17, 15) is 19.2 Å². The Morgan fingerprint density at radius 2 is 1.02 bits per heavy atom. The van der Waals surface area contributed by atoms with Crippen molar-refractivity contribution in [1.82, 2.24) is 0 Å². The maximum Gasteiger partial charge on any atom is 0.341 e. The molecule has 2 heterocycles. The summed E-state index contributed by atoms with van der Waals surface area (Å²) in [6.45, 7) is 3.77. The molecular formula is C34H26Br2N2O6S2. The normalized spacial score (nSPS) is 10.7. The van der Waals surface area contributed by atoms with E-state index < -0.39 is 23.8 Å². The number of ether oxygens (including phenoxy) is 2. The Hall–Kier alpha value is -4.10. The van der Waals surface area contributed by atoms with Gasteiger partial charge in [-0.05, 0) is 67.4 Å². The maximum absolute atomic E-state index is 13.4. The molecule has 2 N–H and O–H groups in total. The molecule has 0 radical (unpaired) electrons. The summed E-state index contributed by atoms with van der Waals surface area (Å²) in [5, 5.41) is 9.88. The van der Waals surface area contributed by atoms with E-state index in [0.717, 1.165) is 20.1 Å². The second-order valence-corrected chi connectivity index (χ2v) is 13.2. The van der Waals surface area contributed by atoms with Crippen LogP contribution in [0.15, 0.2) is 92.5 Å². The summed E-state index contributed by atoms with van der Waals surface area (Å²) < 4.78 is 12.4. The highest BCUT2D eigenvalue weighted by Crippen LogP contribution is 2.38. The second-order valence-electron chi connectivity index (χ2n) is 9.65. The van der Waals surface area contributed by atoms with Gasteiger partial charge in [-0.1, -0.05) is 62.2 Å². The summed E-state index contributed by atoms with van der Waals surface area (Å²) in [4.78, 5) is 52.8. The smallest absolute Gasteiger partial charge is 0.341 e. The highest BCUT2D eigenvalue weighted by Gasteiger charge is 2.25. The van der Waals surface area contributed by atoms with Crippen molar-refractivity contribution in [3.63, 3.8) is 0 Å². The van der Waals surface area contributed by atoms with Gasteiger partial charge in [0.2, 0.25) is 0 Å². The predicted octanol–water partition coefficient (Wildman–Crippen LogP) is 9.53. The van der Waals surface area contributed by atoms with E-state index in [2.05, 4.69) is 42.5 Å². The Labute approximate surface area is 290 Å². The topological polar surface area (TPSA) is 111 Å². The number of rotatable bonds is 10. The molecule has 0 saturated heterocycles. The highest BCUT2D eigenvalue weighted by molar-refractivity contribution is 9.10. The number of esters is 2. The minimum absolute atomic E-state index is 0.172. The van der Waals surface area contributed by atoms with Crippen LogP contribution < -0.4 is 10.6 Å². The van der Waals surface area contributed by atoms with Gasteiger partial charge < -0.3 is 20.1 Å². The number of benzene rings is 3. The number of anilines is 2. The molecule has 0 unspecified atom stereocenters. The fraction of sp³-hybridized carbons (Fsp3) is 0.118. The summed E-state index contributed by atoms with van der Waals surface area (Å²) in [7, 11) is 0. The van der Waals surface area contributed by atoms with Crippen LogP contribution in [-0.4, -0.2) is 37.0 Å². The summed E-state index contributed by atoms with van der Waals surface area (Å²) in [6.07, 6.45) is 0. The van der Waals surface area contributed by atoms with Crippen LogP contribution in [0.4, 0.5) is 10.0 Å². The largest absolute Gasteiger partial charge is 0.462 e. The first-order valence-corrected chi connectivity index (χ1v) is 17.4. The monoisotopic (exact) mass is 780 g/mol. The fourth-order valence-electron chi connectivity index (χ4n) is 4.55. The minimum Gasteiger partial charge on any atom is -0.462 e. The molecular weight excluding hydrogens is 756 g/mol. The Morgan fingerprint density at radius 3 is 1.39 bits per heavy atom. The number of hydrogen-bond donors (Lipinski definition) is 2. The van der Waals surface area contributed by atoms with Crippen molar-refractivity contribution >= 4 is 88.3 Å². The second kappa shape index (κ2) is 15.0. The SMILES string of the molecule is CCOC(=O)c1c(-c2ccc(Br)cc2)csc1NC(=O)c1cccc(C(=O)Nc2scc(-c3ccc(Br)cc3)c2C(=O)OCC)c1. The molecule has 5 aromatic rings. The third kappa shape index (κ3) is 7.47. The van der Waals surface area contributed by atoms with Crippen LogP contribution in [-0.2, 0) is 9.47 Å². The zero-order valence-corrected chi connectivity index (χ0v) is 29.3. The van der Waals surface area contributed by atoms with Crippen LogP contribution in [0.3, 0.4) is 0 Å². The standard InChI is InChI=1S/C34H26Br2N2O6S2/c1-3-43-33(41)27-25(19-8-12-23(35)13-9-19)17-45-31(27)37-29(39)21-6-5-7-22(16-21)30(40)38-32-28(34(42)44-4-2)26(18-46-32)20-10-14-24(36)15-11-20/h5-18H,3-4H2,1-2H3,(H,37,39)(H,38,40). The van der Waals surface area contributed by atoms with E-state index in [-0.39, 0.29) is 35.5 Å². The molecule has 0 aliphatic rings. The van der Waals surface area contributed by atoms with E-state index in [0.29, 0.717) is 21.1 Å². The average Bonchev–Trinajstić information content (AvgIpc) is 3.66. The Balaban J connectivity index is 1.40. The number of amides is 2. The molecule has 8 nitrogen and oxygen atoms in total. The van der Waals surface area contributed by atoms with Crippen molar-refractivity contribution in [3.8, 4) is 22.3 Å². The predicted molar refractivity (Wildman–Crippen MR) is 189 cm³/mol. The third-order valence-electron chi connectivity index (χ3n) is 6.69. The van der Waals surface area contributed by atoms with Gasteiger partial charge in [0, 0.05) is 42.0 Å². The summed E-state index contributed by atoms with van der Waals surface area (Å²) in [6, 6.07) is 21.1. The van der Waals surface area contributed by atoms with Crippen LogP contribution in [0.1, 0.15) is 55.3 Å². The molecule has 12 heteroatoms. The quantitative estimate of drug-likeness (QED) is 0.137. The number of carbonyl (C=O) groups is 4. The van der Waals surface area contributed by atoms with Gasteiger partial charge in [0.25, 0.3) is 11.8 Å². The summed E-state index contributed by atoms with van der Waals surface area (Å²) >= 11 is 9.25. The van der Waals surface area contributed by atoms with Crippen molar-refractivity contribution in [2.24, 2.45) is 0 Å². The average molecular weight is 783 g/mol. The number of hydrogen-bond acceptors (Lipinski definition) is 8. The number of thiophene rings is 2. The zero-order chi connectivity index (χ0) is 32.8. The van der Waals surface area contributed by atoms with Gasteiger partial charge in [-0.3, -0.25) is 9.59 Å². The number of nitrogens with one attached hydrogen (secondary N) is 2. The van der Waals surface area contributed by atoms with E-state index in [4.69, 9.17) is 9.47 Å². The lowest BCUT2D eigenvalue weighted by Crippen LogP contribution is -2.17. The Morgan fingerprint density at radius 1 is 0.630 bits per heavy atom. The van der Waals surface area contributed by atoms with Gasteiger partial charge in [0.1, 0.15) is 21.1 Å². The van der Waals surface area contributed by atoms with Gasteiger partial charge in [-0.25, -0.2) is 9.59 Å². The molecule has 234 valence electrons. The molecule has 46 heavy (non-hydrogen) atoms. The molecule has 0 aliphatic heterocycles. The molecule has 2 aromatic heterocycles. The first-order valence-electron chi connectivity index (χ1n) is 14.0. The van der Waals surface area contributed by atoms with Crippen LogP contribution in [0, 0.1) is 0 Å². The lowest BCUT2D eigenvalue weighted by atomic mass is 10.0. The van der Waals surface area contributed by atoms with Crippen molar-refractivity contribution in [3.05, 3.63) is 115 Å². The number of carbonyl (C=O) groups excluding carboxylic acids is 4. The van der Waals surface area contributed by atoms with Crippen molar-refractivity contribution in [2.45, 2.75) is 13.8 Å². The van der Waals surface area contributed by atoms with Crippen molar-refractivity contribution in [2.75, 3.05) is 23.8 Å². The fourth-order valence-corrected chi connectivity index (χ4v) is 6.98. The lowest BCUT2D eigenvalue weighted by Gasteiger charge is -2.11. The third-order valence-corrected chi connectivity index (χ3v) is 9.54. The molecule has 0 atom stereocenters. The van der Waals surface area contributed by atoms with E-state index >= 15 is 0 Å². The van der Waals surface area contributed by atoms with Gasteiger partial charge in [0.05, 0.1) is 13.2 Å². The molecule has 2 amide bonds. The van der Waals surface area contributed by atoms with E-state index in [1.165, 1.54) is 28.7 Å². The molecule has 0 saturated carbocycles. The summed E-state index contributed by atoms with van der Waals surface area (Å²) in [5.41, 5.74) is 3.76. The zero-order valence-electron chi connectivity index (χ0n) is 24.5. The molecule has 3 aromatic carbocycles. The first kappa shape index (κ1) is 33.3. The van der Waals surface area contributed by atoms with E-state index in [1.807, 2.05) is 48.5 Å². The van der Waals surface area contributed by atoms with Crippen LogP contribution in [0.2, 0.25) is 0 Å². The van der Waals surface area contributed by atoms with Gasteiger partial charge in [0.15, 0.2) is 0 Å². The van der Waals surface area contributed by atoms with E-state index in [1.54, 1.807) is 42.8 Å². The molecule has 5 rings (SSSR count). The maximum atomic E-state index is 13.4. The Kier molecular flexibility index (Phi) is 10.8. The minimum atomic E-state index is -0.555. The molecule has 0 spiro atoms. The van der Waals surface area contributed by atoms with Crippen LogP contribution >= 0.6 is 54.5 Å². The molecule has 0 aliphatic carbocycles. The van der Waals surface area contributed by atoms with Crippen molar-refractivity contribution in [1.29, 1.82) is 0 Å². The lowest BCUT2D eigenvalue weighted by molar-refractivity contribution is 0.0519. The van der Waals surface area contributed by atoms with Gasteiger partial charge >= 0.3 is 11.9 Å². The van der Waals surface area contributed by atoms with Crippen molar-refractivity contribution < 1.29 is 28.7 Å². The van der Waals surface area contributed by atoms with Gasteiger partial charge in [-0.15, -0.1) is 22.7 Å². The number of halogens is 2. The molecule has 0 fully saturated rings. The van der Waals surface area contributed by atoms with Gasteiger partial charge in [-0.2, -0.15) is 0 Å². The Bertz CT molecular complexity index is 1780. The first-order chi connectivity index (χ1) is 22.2. The molecule has 0 bridgehead atoms.